The average molecular weight is 453 g/mol. The predicted molar refractivity (Wildman–Crippen MR) is 131 cm³/mol. The Morgan fingerprint density at radius 1 is 0.812 bits per heavy atom. The summed E-state index contributed by atoms with van der Waals surface area (Å²) < 4.78 is 1.92. The molecule has 2 heterocycles. The number of carbonyl (C=O) groups excluding carboxylic acids is 2. The molecule has 2 amide bonds. The summed E-state index contributed by atoms with van der Waals surface area (Å²) in [5.74, 6) is 0.270. The Labute approximate surface area is 192 Å². The molecule has 0 saturated carbocycles. The summed E-state index contributed by atoms with van der Waals surface area (Å²) in [6.07, 6.45) is 0. The zero-order valence-electron chi connectivity index (χ0n) is 16.8. The topological polar surface area (TPSA) is 50.3 Å². The van der Waals surface area contributed by atoms with Crippen LogP contribution in [0.5, 0.6) is 0 Å². The highest BCUT2D eigenvalue weighted by Crippen LogP contribution is 2.36. The lowest BCUT2D eigenvalue weighted by molar-refractivity contribution is 0.0926. The van der Waals surface area contributed by atoms with Crippen molar-refractivity contribution in [3.8, 4) is 0 Å². The number of rotatable bonds is 4. The average Bonchev–Trinajstić information content (AvgIpc) is 3.35. The second-order valence-electron chi connectivity index (χ2n) is 7.55. The highest BCUT2D eigenvalue weighted by atomic mass is 32.2. The van der Waals surface area contributed by atoms with E-state index in [2.05, 4.69) is 42.5 Å². The molecule has 5 aromatic rings. The fourth-order valence-electron chi connectivity index (χ4n) is 4.07. The molecule has 1 aromatic heterocycles. The molecule has 0 saturated heterocycles. The molecular formula is C26H16N2O2S2. The van der Waals surface area contributed by atoms with Gasteiger partial charge in [-0.15, -0.1) is 11.3 Å². The van der Waals surface area contributed by atoms with E-state index in [1.54, 1.807) is 53.4 Å². The van der Waals surface area contributed by atoms with Crippen LogP contribution >= 0.6 is 23.1 Å². The Hall–Kier alpha value is -3.48. The minimum absolute atomic E-state index is 0.278. The minimum atomic E-state index is -0.278. The molecule has 6 rings (SSSR count). The van der Waals surface area contributed by atoms with Gasteiger partial charge in [0.05, 0.1) is 27.0 Å². The molecule has 4 aromatic carbocycles. The Bertz CT molecular complexity index is 1500. The molecule has 0 fully saturated rings. The molecular weight excluding hydrogens is 436 g/mol. The van der Waals surface area contributed by atoms with Gasteiger partial charge in [-0.3, -0.25) is 9.59 Å². The standard InChI is InChI=1S/C26H16N2O2S2/c29-24-20-10-3-4-11-21(20)25(30)28(24)18-12-13-22-23(14-18)32-26(27-22)31-15-17-8-5-7-16-6-1-2-9-19(16)17/h1-14H,15H2. The van der Waals surface area contributed by atoms with Gasteiger partial charge in [0.15, 0.2) is 4.34 Å². The number of thioether (sulfide) groups is 1. The monoisotopic (exact) mass is 452 g/mol. The Morgan fingerprint density at radius 3 is 2.34 bits per heavy atom. The summed E-state index contributed by atoms with van der Waals surface area (Å²) in [5.41, 5.74) is 3.63. The van der Waals surface area contributed by atoms with Crippen LogP contribution in [-0.4, -0.2) is 16.8 Å². The molecule has 4 nitrogen and oxygen atoms in total. The van der Waals surface area contributed by atoms with Gasteiger partial charge in [-0.05, 0) is 46.7 Å². The van der Waals surface area contributed by atoms with Crippen molar-refractivity contribution < 1.29 is 9.59 Å². The van der Waals surface area contributed by atoms with Gasteiger partial charge < -0.3 is 0 Å². The number of thiazole rings is 1. The molecule has 0 atom stereocenters. The van der Waals surface area contributed by atoms with Gasteiger partial charge in [-0.2, -0.15) is 0 Å². The Balaban J connectivity index is 1.28. The van der Waals surface area contributed by atoms with E-state index in [4.69, 9.17) is 4.98 Å². The quantitative estimate of drug-likeness (QED) is 0.229. The van der Waals surface area contributed by atoms with Gasteiger partial charge in [-0.1, -0.05) is 66.4 Å². The first kappa shape index (κ1) is 19.2. The normalized spacial score (nSPS) is 13.3. The SMILES string of the molecule is O=C1c2ccccc2C(=O)N1c1ccc2nc(SCc3cccc4ccccc34)sc2c1. The summed E-state index contributed by atoms with van der Waals surface area (Å²) in [6.45, 7) is 0. The van der Waals surface area contributed by atoms with E-state index in [0.717, 1.165) is 20.3 Å². The van der Waals surface area contributed by atoms with Crippen LogP contribution in [0.4, 0.5) is 5.69 Å². The van der Waals surface area contributed by atoms with Crippen molar-refractivity contribution in [3.05, 3.63) is 102 Å². The van der Waals surface area contributed by atoms with Crippen LogP contribution in [0.1, 0.15) is 26.3 Å². The van der Waals surface area contributed by atoms with Gasteiger partial charge in [0.25, 0.3) is 11.8 Å². The lowest BCUT2D eigenvalue weighted by Crippen LogP contribution is -2.29. The molecule has 0 radical (unpaired) electrons. The van der Waals surface area contributed by atoms with Crippen molar-refractivity contribution in [2.45, 2.75) is 10.1 Å². The Morgan fingerprint density at radius 2 is 1.53 bits per heavy atom. The first-order valence-electron chi connectivity index (χ1n) is 10.2. The van der Waals surface area contributed by atoms with Gasteiger partial charge in [0.2, 0.25) is 0 Å². The summed E-state index contributed by atoms with van der Waals surface area (Å²) in [5, 5.41) is 2.50. The molecule has 1 aliphatic rings. The number of carbonyl (C=O) groups is 2. The third kappa shape index (κ3) is 3.11. The number of hydrogen-bond donors (Lipinski definition) is 0. The van der Waals surface area contributed by atoms with E-state index in [1.807, 2.05) is 12.1 Å². The fourth-order valence-corrected chi connectivity index (χ4v) is 6.18. The number of nitrogens with zero attached hydrogens (tertiary/aromatic N) is 2. The van der Waals surface area contributed by atoms with Crippen LogP contribution in [0, 0.1) is 0 Å². The second kappa shape index (κ2) is 7.58. The zero-order chi connectivity index (χ0) is 21.7. The molecule has 6 heteroatoms. The number of amides is 2. The van der Waals surface area contributed by atoms with Gasteiger partial charge in [0.1, 0.15) is 0 Å². The lowest BCUT2D eigenvalue weighted by Gasteiger charge is -2.13. The maximum Gasteiger partial charge on any atom is 0.266 e. The minimum Gasteiger partial charge on any atom is -0.268 e. The van der Waals surface area contributed by atoms with Crippen molar-refractivity contribution in [1.82, 2.24) is 4.98 Å². The van der Waals surface area contributed by atoms with Crippen molar-refractivity contribution in [1.29, 1.82) is 0 Å². The fraction of sp³-hybridized carbons (Fsp3) is 0.0385. The van der Waals surface area contributed by atoms with E-state index in [1.165, 1.54) is 21.2 Å². The Kier molecular flexibility index (Phi) is 4.56. The van der Waals surface area contributed by atoms with Crippen molar-refractivity contribution >= 4 is 61.6 Å². The number of benzene rings is 4. The third-order valence-electron chi connectivity index (χ3n) is 5.64. The van der Waals surface area contributed by atoms with Crippen LogP contribution in [-0.2, 0) is 5.75 Å². The smallest absolute Gasteiger partial charge is 0.266 e. The molecule has 32 heavy (non-hydrogen) atoms. The third-order valence-corrected chi connectivity index (χ3v) is 7.85. The zero-order valence-corrected chi connectivity index (χ0v) is 18.5. The van der Waals surface area contributed by atoms with Crippen LogP contribution in [0.3, 0.4) is 0 Å². The largest absolute Gasteiger partial charge is 0.268 e. The number of fused-ring (bicyclic) bond motifs is 3. The molecule has 0 unspecified atom stereocenters. The highest BCUT2D eigenvalue weighted by molar-refractivity contribution is 8.00. The molecule has 1 aliphatic heterocycles. The first-order valence-corrected chi connectivity index (χ1v) is 12.0. The summed E-state index contributed by atoms with van der Waals surface area (Å²) >= 11 is 3.29. The number of imide groups is 1. The number of hydrogen-bond acceptors (Lipinski definition) is 5. The summed E-state index contributed by atoms with van der Waals surface area (Å²) in [7, 11) is 0. The van der Waals surface area contributed by atoms with Crippen molar-refractivity contribution in [2.75, 3.05) is 4.90 Å². The summed E-state index contributed by atoms with van der Waals surface area (Å²) in [6, 6.07) is 27.3. The van der Waals surface area contributed by atoms with Crippen LogP contribution < -0.4 is 4.90 Å². The van der Waals surface area contributed by atoms with Crippen LogP contribution in [0.25, 0.3) is 21.0 Å². The van der Waals surface area contributed by atoms with E-state index in [0.29, 0.717) is 16.8 Å². The van der Waals surface area contributed by atoms with Gasteiger partial charge in [0, 0.05) is 5.75 Å². The molecule has 154 valence electrons. The van der Waals surface area contributed by atoms with E-state index in [-0.39, 0.29) is 11.8 Å². The number of aromatic nitrogens is 1. The van der Waals surface area contributed by atoms with Gasteiger partial charge >= 0.3 is 0 Å². The molecule has 0 spiro atoms. The number of anilines is 1. The summed E-state index contributed by atoms with van der Waals surface area (Å²) in [4.78, 5) is 31.6. The second-order valence-corrected chi connectivity index (χ2v) is 9.80. The van der Waals surface area contributed by atoms with E-state index in [9.17, 15) is 9.59 Å². The first-order chi connectivity index (χ1) is 15.7. The maximum absolute atomic E-state index is 12.8. The lowest BCUT2D eigenvalue weighted by atomic mass is 10.1. The molecule has 0 N–H and O–H groups in total. The van der Waals surface area contributed by atoms with E-state index < -0.39 is 0 Å². The predicted octanol–water partition coefficient (Wildman–Crippen LogP) is 6.54. The molecule has 0 bridgehead atoms. The van der Waals surface area contributed by atoms with E-state index >= 15 is 0 Å². The van der Waals surface area contributed by atoms with Crippen LogP contribution in [0.15, 0.2) is 89.3 Å². The van der Waals surface area contributed by atoms with Crippen LogP contribution in [0.2, 0.25) is 0 Å². The maximum atomic E-state index is 12.8. The van der Waals surface area contributed by atoms with Crippen molar-refractivity contribution in [3.63, 3.8) is 0 Å². The highest BCUT2D eigenvalue weighted by Gasteiger charge is 2.36. The van der Waals surface area contributed by atoms with Crippen molar-refractivity contribution in [2.24, 2.45) is 0 Å². The van der Waals surface area contributed by atoms with Gasteiger partial charge in [-0.25, -0.2) is 9.88 Å². The molecule has 0 aliphatic carbocycles.